The van der Waals surface area contributed by atoms with Gasteiger partial charge in [-0.1, -0.05) is 29.8 Å². The summed E-state index contributed by atoms with van der Waals surface area (Å²) in [6.45, 7) is 0. The molecule has 0 bridgehead atoms. The second-order valence-electron chi connectivity index (χ2n) is 3.79. The molecule has 0 aliphatic heterocycles. The molecule has 0 radical (unpaired) electrons. The highest BCUT2D eigenvalue weighted by Gasteiger charge is 2.16. The molecule has 5 heteroatoms. The topological polar surface area (TPSA) is 26.0 Å². The predicted octanol–water partition coefficient (Wildman–Crippen LogP) is 4.43. The first-order valence-electron chi connectivity index (χ1n) is 5.15. The molecule has 18 heavy (non-hydrogen) atoms. The zero-order valence-corrected chi connectivity index (χ0v) is 11.5. The molecule has 0 aliphatic rings. The second-order valence-corrected chi connectivity index (χ2v) is 5.06. The monoisotopic (exact) mass is 331 g/mol. The average molecular weight is 333 g/mol. The molecule has 94 valence electrons. The van der Waals surface area contributed by atoms with Gasteiger partial charge in [0.15, 0.2) is 0 Å². The number of hydrogen-bond acceptors (Lipinski definition) is 1. The highest BCUT2D eigenvalue weighted by molar-refractivity contribution is 9.10. The van der Waals surface area contributed by atoms with Gasteiger partial charge in [-0.2, -0.15) is 0 Å². The fourth-order valence-corrected chi connectivity index (χ4v) is 2.22. The maximum absolute atomic E-state index is 13.9. The van der Waals surface area contributed by atoms with Crippen LogP contribution in [0.4, 0.5) is 8.78 Å². The lowest BCUT2D eigenvalue weighted by Gasteiger charge is -2.14. The molecule has 0 aliphatic carbocycles. The standard InChI is InChI=1S/C13H9BrClF2N/c14-9-3-1-2-8(12(9)17)13(18)7-4-5-11(16)10(15)6-7/h1-6,13H,18H2. The van der Waals surface area contributed by atoms with Crippen LogP contribution in [0.2, 0.25) is 5.02 Å². The van der Waals surface area contributed by atoms with Crippen molar-refractivity contribution in [2.24, 2.45) is 5.73 Å². The van der Waals surface area contributed by atoms with E-state index in [0.29, 0.717) is 15.6 Å². The SMILES string of the molecule is NC(c1ccc(F)c(Cl)c1)c1cccc(Br)c1F. The lowest BCUT2D eigenvalue weighted by Crippen LogP contribution is -2.14. The first kappa shape index (κ1) is 13.5. The first-order chi connectivity index (χ1) is 8.50. The lowest BCUT2D eigenvalue weighted by molar-refractivity contribution is 0.592. The highest BCUT2D eigenvalue weighted by Crippen LogP contribution is 2.28. The average Bonchev–Trinajstić information content (AvgIpc) is 2.35. The largest absolute Gasteiger partial charge is 0.320 e. The van der Waals surface area contributed by atoms with E-state index < -0.39 is 17.7 Å². The van der Waals surface area contributed by atoms with Crippen molar-refractivity contribution in [2.75, 3.05) is 0 Å². The van der Waals surface area contributed by atoms with Crippen LogP contribution in [0, 0.1) is 11.6 Å². The molecule has 1 unspecified atom stereocenters. The number of nitrogens with two attached hydrogens (primary N) is 1. The molecule has 0 aromatic heterocycles. The van der Waals surface area contributed by atoms with E-state index in [2.05, 4.69) is 15.9 Å². The van der Waals surface area contributed by atoms with E-state index in [4.69, 9.17) is 17.3 Å². The Bertz CT molecular complexity index is 589. The second kappa shape index (κ2) is 5.34. The molecule has 0 saturated carbocycles. The maximum Gasteiger partial charge on any atom is 0.142 e. The zero-order chi connectivity index (χ0) is 13.3. The zero-order valence-electron chi connectivity index (χ0n) is 9.13. The van der Waals surface area contributed by atoms with Crippen LogP contribution in [0.15, 0.2) is 40.9 Å². The molecule has 2 rings (SSSR count). The van der Waals surface area contributed by atoms with E-state index in [1.165, 1.54) is 18.2 Å². The smallest absolute Gasteiger partial charge is 0.142 e. The van der Waals surface area contributed by atoms with Crippen LogP contribution < -0.4 is 5.73 Å². The summed E-state index contributed by atoms with van der Waals surface area (Å²) in [5.41, 5.74) is 6.84. The van der Waals surface area contributed by atoms with Crippen molar-refractivity contribution in [3.05, 3.63) is 68.7 Å². The minimum Gasteiger partial charge on any atom is -0.320 e. The third-order valence-electron chi connectivity index (χ3n) is 2.62. The van der Waals surface area contributed by atoms with Gasteiger partial charge >= 0.3 is 0 Å². The summed E-state index contributed by atoms with van der Waals surface area (Å²) in [6, 6.07) is 8.28. The normalized spacial score (nSPS) is 12.5. The predicted molar refractivity (Wildman–Crippen MR) is 71.5 cm³/mol. The summed E-state index contributed by atoms with van der Waals surface area (Å²) in [5, 5.41) is -0.0293. The molecule has 1 nitrogen and oxygen atoms in total. The van der Waals surface area contributed by atoms with Gasteiger partial charge in [0.2, 0.25) is 0 Å². The van der Waals surface area contributed by atoms with Gasteiger partial charge in [-0.15, -0.1) is 0 Å². The Morgan fingerprint density at radius 1 is 1.17 bits per heavy atom. The van der Waals surface area contributed by atoms with Crippen LogP contribution in [0.1, 0.15) is 17.2 Å². The number of rotatable bonds is 2. The van der Waals surface area contributed by atoms with Gasteiger partial charge in [0.25, 0.3) is 0 Å². The van der Waals surface area contributed by atoms with Gasteiger partial charge in [0, 0.05) is 5.56 Å². The van der Waals surface area contributed by atoms with Crippen molar-refractivity contribution in [1.82, 2.24) is 0 Å². The van der Waals surface area contributed by atoms with E-state index in [-0.39, 0.29) is 5.02 Å². The van der Waals surface area contributed by atoms with Gasteiger partial charge in [-0.05, 0) is 39.7 Å². The maximum atomic E-state index is 13.9. The minimum atomic E-state index is -0.694. The van der Waals surface area contributed by atoms with E-state index in [9.17, 15) is 8.78 Å². The van der Waals surface area contributed by atoms with Crippen LogP contribution in [-0.2, 0) is 0 Å². The number of hydrogen-bond donors (Lipinski definition) is 1. The Labute approximate surface area is 117 Å². The van der Waals surface area contributed by atoms with Crippen molar-refractivity contribution in [1.29, 1.82) is 0 Å². The first-order valence-corrected chi connectivity index (χ1v) is 6.32. The van der Waals surface area contributed by atoms with Crippen molar-refractivity contribution >= 4 is 27.5 Å². The molecule has 0 spiro atoms. The molecular weight excluding hydrogens is 324 g/mol. The Kier molecular flexibility index (Phi) is 4.00. The van der Waals surface area contributed by atoms with Crippen LogP contribution in [0.25, 0.3) is 0 Å². The number of benzene rings is 2. The van der Waals surface area contributed by atoms with E-state index >= 15 is 0 Å². The van der Waals surface area contributed by atoms with Gasteiger partial charge in [-0.3, -0.25) is 0 Å². The quantitative estimate of drug-likeness (QED) is 0.865. The minimum absolute atomic E-state index is 0.0293. The van der Waals surface area contributed by atoms with E-state index in [1.807, 2.05) is 0 Å². The summed E-state index contributed by atoms with van der Waals surface area (Å²) in [5.74, 6) is -0.951. The van der Waals surface area contributed by atoms with E-state index in [0.717, 1.165) is 0 Å². The van der Waals surface area contributed by atoms with Gasteiger partial charge in [0.1, 0.15) is 11.6 Å². The molecule has 0 amide bonds. The molecule has 2 N–H and O–H groups in total. The Morgan fingerprint density at radius 2 is 1.89 bits per heavy atom. The van der Waals surface area contributed by atoms with Crippen LogP contribution >= 0.6 is 27.5 Å². The van der Waals surface area contributed by atoms with E-state index in [1.54, 1.807) is 18.2 Å². The Balaban J connectivity index is 2.44. The van der Waals surface area contributed by atoms with Crippen molar-refractivity contribution in [3.8, 4) is 0 Å². The molecule has 1 atom stereocenters. The summed E-state index contributed by atoms with van der Waals surface area (Å²) in [7, 11) is 0. The molecule has 0 fully saturated rings. The summed E-state index contributed by atoms with van der Waals surface area (Å²) < 4.78 is 27.3. The van der Waals surface area contributed by atoms with Gasteiger partial charge in [-0.25, -0.2) is 8.78 Å². The van der Waals surface area contributed by atoms with Crippen molar-refractivity contribution < 1.29 is 8.78 Å². The molecule has 0 heterocycles. The Morgan fingerprint density at radius 3 is 2.56 bits per heavy atom. The number of halogens is 4. The summed E-state index contributed by atoms with van der Waals surface area (Å²) >= 11 is 8.78. The van der Waals surface area contributed by atoms with Crippen LogP contribution in [0.3, 0.4) is 0 Å². The highest BCUT2D eigenvalue weighted by atomic mass is 79.9. The molecule has 2 aromatic rings. The van der Waals surface area contributed by atoms with Crippen molar-refractivity contribution in [2.45, 2.75) is 6.04 Å². The fourth-order valence-electron chi connectivity index (χ4n) is 1.65. The molecule has 2 aromatic carbocycles. The third-order valence-corrected chi connectivity index (χ3v) is 3.52. The summed E-state index contributed by atoms with van der Waals surface area (Å²) in [4.78, 5) is 0. The fraction of sp³-hybridized carbons (Fsp3) is 0.0769. The lowest BCUT2D eigenvalue weighted by atomic mass is 9.99. The summed E-state index contributed by atoms with van der Waals surface area (Å²) in [6.07, 6.45) is 0. The Hall–Kier alpha value is -0.970. The van der Waals surface area contributed by atoms with Gasteiger partial charge in [0.05, 0.1) is 15.5 Å². The van der Waals surface area contributed by atoms with Crippen LogP contribution in [-0.4, -0.2) is 0 Å². The van der Waals surface area contributed by atoms with Crippen molar-refractivity contribution in [3.63, 3.8) is 0 Å². The van der Waals surface area contributed by atoms with Gasteiger partial charge < -0.3 is 5.73 Å². The molecular formula is C13H9BrClF2N. The van der Waals surface area contributed by atoms with Crippen LogP contribution in [0.5, 0.6) is 0 Å². The molecule has 0 saturated heterocycles. The third kappa shape index (κ3) is 2.55.